The third kappa shape index (κ3) is 5.29. The Morgan fingerprint density at radius 3 is 2.55 bits per heavy atom. The summed E-state index contributed by atoms with van der Waals surface area (Å²) in [5.41, 5.74) is 2.39. The molecule has 5 rings (SSSR count). The molecular weight excluding hydrogens is 476 g/mol. The monoisotopic (exact) mass is 532 g/mol. The van der Waals surface area contributed by atoms with Crippen molar-refractivity contribution in [1.29, 1.82) is 0 Å². The lowest BCUT2D eigenvalue weighted by atomic mass is 9.47. The van der Waals surface area contributed by atoms with Gasteiger partial charge < -0.3 is 24.8 Å². The molecule has 0 radical (unpaired) electrons. The van der Waals surface area contributed by atoms with Crippen LogP contribution in [0.2, 0.25) is 0 Å². The standard InChI is InChI=1S/C33H56O5/c1-20(2)7-6-8-21(3)25-11-12-26-24-10-9-22-17-23(37-30-18-28(35)31(36)29(19-34)38-30)13-15-32(22,4)27(24)14-16-33(25,26)5/h9,20-21,23-31,34-36H,6-8,10-19H2,1-5H3/t21?,23-,24?,25+,26?,27?,28+,29+,30?,31-,32-,33+/m0/s1. The molecule has 5 heteroatoms. The average Bonchev–Trinajstić information content (AvgIpc) is 3.23. The maximum Gasteiger partial charge on any atom is 0.161 e. The number of aliphatic hydroxyl groups is 3. The third-order valence-electron chi connectivity index (χ3n) is 12.3. The van der Waals surface area contributed by atoms with Gasteiger partial charge in [0, 0.05) is 6.42 Å². The van der Waals surface area contributed by atoms with Crippen molar-refractivity contribution in [1.82, 2.24) is 0 Å². The van der Waals surface area contributed by atoms with Crippen molar-refractivity contribution < 1.29 is 24.8 Å². The largest absolute Gasteiger partial charge is 0.394 e. The molecule has 3 N–H and O–H groups in total. The van der Waals surface area contributed by atoms with Crippen LogP contribution in [-0.2, 0) is 9.47 Å². The number of hydrogen-bond acceptors (Lipinski definition) is 5. The van der Waals surface area contributed by atoms with Crippen LogP contribution in [0, 0.1) is 46.3 Å². The lowest BCUT2D eigenvalue weighted by molar-refractivity contribution is -0.271. The number of ether oxygens (including phenoxy) is 2. The lowest BCUT2D eigenvalue weighted by Crippen LogP contribution is -2.52. The van der Waals surface area contributed by atoms with Crippen LogP contribution in [0.15, 0.2) is 11.6 Å². The van der Waals surface area contributed by atoms with Crippen molar-refractivity contribution in [3.8, 4) is 0 Å². The Balaban J connectivity index is 1.23. The van der Waals surface area contributed by atoms with Crippen LogP contribution in [0.1, 0.15) is 112 Å². The first-order valence-corrected chi connectivity index (χ1v) is 16.0. The zero-order valence-corrected chi connectivity index (χ0v) is 24.8. The quantitative estimate of drug-likeness (QED) is 0.322. The van der Waals surface area contributed by atoms with E-state index >= 15 is 0 Å². The van der Waals surface area contributed by atoms with Crippen LogP contribution in [0.25, 0.3) is 0 Å². The van der Waals surface area contributed by atoms with Crippen molar-refractivity contribution >= 4 is 0 Å². The predicted octanol–water partition coefficient (Wildman–Crippen LogP) is 6.24. The molecule has 12 atom stereocenters. The molecule has 1 heterocycles. The van der Waals surface area contributed by atoms with E-state index in [1.807, 2.05) is 0 Å². The summed E-state index contributed by atoms with van der Waals surface area (Å²) in [4.78, 5) is 0. The average molecular weight is 533 g/mol. The highest BCUT2D eigenvalue weighted by molar-refractivity contribution is 5.25. The predicted molar refractivity (Wildman–Crippen MR) is 150 cm³/mol. The lowest BCUT2D eigenvalue weighted by Gasteiger charge is -2.58. The Bertz CT molecular complexity index is 841. The van der Waals surface area contributed by atoms with E-state index in [9.17, 15) is 15.3 Å². The summed E-state index contributed by atoms with van der Waals surface area (Å²) in [6.45, 7) is 12.2. The van der Waals surface area contributed by atoms with Crippen molar-refractivity contribution in [2.45, 2.75) is 142 Å². The van der Waals surface area contributed by atoms with Gasteiger partial charge in [0.15, 0.2) is 6.29 Å². The molecular formula is C33H56O5. The summed E-state index contributed by atoms with van der Waals surface area (Å²) in [6.07, 6.45) is 13.8. The molecule has 3 saturated carbocycles. The van der Waals surface area contributed by atoms with Crippen LogP contribution in [0.4, 0.5) is 0 Å². The van der Waals surface area contributed by atoms with Gasteiger partial charge in [-0.2, -0.15) is 0 Å². The van der Waals surface area contributed by atoms with Crippen LogP contribution < -0.4 is 0 Å². The van der Waals surface area contributed by atoms with Gasteiger partial charge in [0.1, 0.15) is 12.2 Å². The van der Waals surface area contributed by atoms with Crippen LogP contribution >= 0.6 is 0 Å². The van der Waals surface area contributed by atoms with Crippen molar-refractivity contribution in [2.24, 2.45) is 46.3 Å². The third-order valence-corrected chi connectivity index (χ3v) is 12.3. The smallest absolute Gasteiger partial charge is 0.161 e. The van der Waals surface area contributed by atoms with E-state index < -0.39 is 24.6 Å². The molecule has 4 fully saturated rings. The maximum absolute atomic E-state index is 10.2. The number of aliphatic hydroxyl groups excluding tert-OH is 3. The van der Waals surface area contributed by atoms with E-state index in [0.717, 1.165) is 54.8 Å². The topological polar surface area (TPSA) is 79.2 Å². The molecule has 0 aromatic rings. The Kier molecular flexibility index (Phi) is 8.74. The highest BCUT2D eigenvalue weighted by Crippen LogP contribution is 2.67. The molecule has 0 amide bonds. The van der Waals surface area contributed by atoms with Gasteiger partial charge in [-0.15, -0.1) is 0 Å². The maximum atomic E-state index is 10.2. The van der Waals surface area contributed by atoms with Crippen molar-refractivity contribution in [2.75, 3.05) is 6.61 Å². The number of rotatable bonds is 8. The normalized spacial score (nSPS) is 47.7. The van der Waals surface area contributed by atoms with Gasteiger partial charge >= 0.3 is 0 Å². The van der Waals surface area contributed by atoms with Gasteiger partial charge in [0.2, 0.25) is 0 Å². The molecule has 5 nitrogen and oxygen atoms in total. The molecule has 1 aliphatic heterocycles. The van der Waals surface area contributed by atoms with E-state index in [1.54, 1.807) is 5.57 Å². The van der Waals surface area contributed by atoms with Crippen LogP contribution in [0.3, 0.4) is 0 Å². The van der Waals surface area contributed by atoms with Gasteiger partial charge in [-0.05, 0) is 97.7 Å². The molecule has 0 bridgehead atoms. The minimum atomic E-state index is -1.05. The molecule has 38 heavy (non-hydrogen) atoms. The Morgan fingerprint density at radius 1 is 1.03 bits per heavy atom. The Labute approximate surface area is 231 Å². The SMILES string of the molecule is CC(C)CCCC(C)[C@H]1CCC2C3CC=C4C[C@@H](OC5C[C@@H](O)[C@H](O)[C@@H](CO)O5)CC[C@]4(C)C3CC[C@@]21C. The zero-order valence-electron chi connectivity index (χ0n) is 24.8. The summed E-state index contributed by atoms with van der Waals surface area (Å²) in [5.74, 6) is 5.07. The summed E-state index contributed by atoms with van der Waals surface area (Å²) < 4.78 is 12.1. The number of hydrogen-bond donors (Lipinski definition) is 3. The fourth-order valence-electron chi connectivity index (χ4n) is 10.1. The first-order chi connectivity index (χ1) is 18.1. The van der Waals surface area contributed by atoms with Crippen LogP contribution in [0.5, 0.6) is 0 Å². The molecule has 4 aliphatic carbocycles. The second kappa shape index (κ2) is 11.4. The second-order valence-corrected chi connectivity index (χ2v) is 14.9. The first-order valence-electron chi connectivity index (χ1n) is 16.0. The highest BCUT2D eigenvalue weighted by Gasteiger charge is 2.59. The Hall–Kier alpha value is -0.460. The Morgan fingerprint density at radius 2 is 1.82 bits per heavy atom. The van der Waals surface area contributed by atoms with E-state index in [1.165, 1.54) is 51.4 Å². The minimum Gasteiger partial charge on any atom is -0.394 e. The number of fused-ring (bicyclic) bond motifs is 5. The first kappa shape index (κ1) is 29.0. The van der Waals surface area contributed by atoms with Gasteiger partial charge in [-0.3, -0.25) is 0 Å². The highest BCUT2D eigenvalue weighted by atomic mass is 16.7. The fraction of sp³-hybridized carbons (Fsp3) is 0.939. The van der Waals surface area contributed by atoms with Gasteiger partial charge in [-0.25, -0.2) is 0 Å². The fourth-order valence-corrected chi connectivity index (χ4v) is 10.1. The van der Waals surface area contributed by atoms with Gasteiger partial charge in [0.05, 0.1) is 18.8 Å². The molecule has 5 unspecified atom stereocenters. The van der Waals surface area contributed by atoms with E-state index in [0.29, 0.717) is 5.41 Å². The van der Waals surface area contributed by atoms with E-state index in [-0.39, 0.29) is 24.5 Å². The molecule has 0 spiro atoms. The van der Waals surface area contributed by atoms with Gasteiger partial charge in [-0.1, -0.05) is 65.5 Å². The van der Waals surface area contributed by atoms with Crippen LogP contribution in [-0.4, -0.2) is 52.6 Å². The molecule has 0 aromatic heterocycles. The summed E-state index contributed by atoms with van der Waals surface area (Å²) >= 11 is 0. The summed E-state index contributed by atoms with van der Waals surface area (Å²) in [7, 11) is 0. The molecule has 5 aliphatic rings. The molecule has 0 aromatic carbocycles. The van der Waals surface area contributed by atoms with E-state index in [4.69, 9.17) is 9.47 Å². The van der Waals surface area contributed by atoms with E-state index in [2.05, 4.69) is 40.7 Å². The van der Waals surface area contributed by atoms with Crippen molar-refractivity contribution in [3.05, 3.63) is 11.6 Å². The number of allylic oxidation sites excluding steroid dienone is 1. The second-order valence-electron chi connectivity index (χ2n) is 14.9. The molecule has 218 valence electrons. The van der Waals surface area contributed by atoms with Crippen molar-refractivity contribution in [3.63, 3.8) is 0 Å². The zero-order chi connectivity index (χ0) is 27.2. The minimum absolute atomic E-state index is 0.0778. The summed E-state index contributed by atoms with van der Waals surface area (Å²) in [5, 5.41) is 29.8. The van der Waals surface area contributed by atoms with Gasteiger partial charge in [0.25, 0.3) is 0 Å². The summed E-state index contributed by atoms with van der Waals surface area (Å²) in [6, 6.07) is 0. The molecule has 1 saturated heterocycles.